The van der Waals surface area contributed by atoms with Crippen LogP contribution in [0.4, 0.5) is 5.00 Å². The summed E-state index contributed by atoms with van der Waals surface area (Å²) in [5.41, 5.74) is 6.69. The Morgan fingerprint density at radius 2 is 1.94 bits per heavy atom. The van der Waals surface area contributed by atoms with Crippen LogP contribution in [0.1, 0.15) is 28.2 Å². The predicted octanol–water partition coefficient (Wildman–Crippen LogP) is 2.82. The number of carbonyl (C=O) groups excluding carboxylic acids is 1. The molecule has 17 heavy (non-hydrogen) atoms. The van der Waals surface area contributed by atoms with Crippen molar-refractivity contribution >= 4 is 22.2 Å². The number of benzene rings is 1. The number of nitrogen functional groups attached to an aromatic ring is 1. The van der Waals surface area contributed by atoms with Gasteiger partial charge in [-0.2, -0.15) is 0 Å². The van der Waals surface area contributed by atoms with Crippen molar-refractivity contribution in [1.82, 2.24) is 5.32 Å². The van der Waals surface area contributed by atoms with E-state index in [4.69, 9.17) is 5.73 Å². The van der Waals surface area contributed by atoms with Crippen LogP contribution < -0.4 is 11.1 Å². The fraction of sp³-hybridized carbons (Fsp3) is 0.154. The van der Waals surface area contributed by atoms with Crippen LogP contribution in [-0.2, 0) is 0 Å². The summed E-state index contributed by atoms with van der Waals surface area (Å²) in [6.45, 7) is 1.96. The summed E-state index contributed by atoms with van der Waals surface area (Å²) in [7, 11) is 0. The smallest absolute Gasteiger partial charge is 0.261 e. The van der Waals surface area contributed by atoms with Gasteiger partial charge in [0, 0.05) is 0 Å². The zero-order valence-corrected chi connectivity index (χ0v) is 10.3. The van der Waals surface area contributed by atoms with Gasteiger partial charge in [-0.25, -0.2) is 0 Å². The Balaban J connectivity index is 2.04. The third kappa shape index (κ3) is 2.85. The molecule has 1 aromatic heterocycles. The summed E-state index contributed by atoms with van der Waals surface area (Å²) in [6, 6.07) is 13.3. The van der Waals surface area contributed by atoms with Gasteiger partial charge >= 0.3 is 0 Å². The third-order valence-corrected chi connectivity index (χ3v) is 3.41. The van der Waals surface area contributed by atoms with Gasteiger partial charge in [0.1, 0.15) is 0 Å². The van der Waals surface area contributed by atoms with Gasteiger partial charge in [-0.3, -0.25) is 4.79 Å². The van der Waals surface area contributed by atoms with Gasteiger partial charge in [0.15, 0.2) is 0 Å². The van der Waals surface area contributed by atoms with E-state index in [0.29, 0.717) is 9.88 Å². The summed E-state index contributed by atoms with van der Waals surface area (Å²) >= 11 is 1.30. The maximum absolute atomic E-state index is 11.9. The number of thiophene rings is 1. The van der Waals surface area contributed by atoms with Crippen molar-refractivity contribution < 1.29 is 4.79 Å². The molecular formula is C13H14N2OS. The molecule has 2 aromatic rings. The van der Waals surface area contributed by atoms with Crippen LogP contribution in [0.3, 0.4) is 0 Å². The molecule has 0 radical (unpaired) electrons. The third-order valence-electron chi connectivity index (χ3n) is 2.50. The molecule has 0 bridgehead atoms. The molecule has 0 saturated heterocycles. The van der Waals surface area contributed by atoms with Gasteiger partial charge in [0.25, 0.3) is 5.91 Å². The Morgan fingerprint density at radius 3 is 2.53 bits per heavy atom. The molecule has 1 heterocycles. The van der Waals surface area contributed by atoms with Gasteiger partial charge in [-0.15, -0.1) is 11.3 Å². The minimum Gasteiger partial charge on any atom is -0.391 e. The highest BCUT2D eigenvalue weighted by Crippen LogP contribution is 2.19. The molecule has 0 spiro atoms. The minimum atomic E-state index is -0.0805. The average Bonchev–Trinajstić information content (AvgIpc) is 2.77. The van der Waals surface area contributed by atoms with Crippen LogP contribution in [0.2, 0.25) is 0 Å². The molecule has 3 N–H and O–H groups in total. The summed E-state index contributed by atoms with van der Waals surface area (Å²) < 4.78 is 0. The van der Waals surface area contributed by atoms with E-state index in [2.05, 4.69) is 5.32 Å². The summed E-state index contributed by atoms with van der Waals surface area (Å²) in [6.07, 6.45) is 0. The quantitative estimate of drug-likeness (QED) is 0.875. The Labute approximate surface area is 104 Å². The fourth-order valence-corrected chi connectivity index (χ4v) is 2.25. The molecular weight excluding hydrogens is 232 g/mol. The molecule has 0 aliphatic rings. The van der Waals surface area contributed by atoms with E-state index >= 15 is 0 Å². The largest absolute Gasteiger partial charge is 0.391 e. The standard InChI is InChI=1S/C13H14N2OS/c1-9(10-5-3-2-4-6-10)15-13(16)11-7-8-12(14)17-11/h2-9H,14H2,1H3,(H,15,16). The number of rotatable bonds is 3. The summed E-state index contributed by atoms with van der Waals surface area (Å²) in [5, 5.41) is 3.60. The first-order valence-electron chi connectivity index (χ1n) is 5.38. The molecule has 2 rings (SSSR count). The second kappa shape index (κ2) is 5.01. The first kappa shape index (κ1) is 11.7. The zero-order chi connectivity index (χ0) is 12.3. The maximum atomic E-state index is 11.9. The van der Waals surface area contributed by atoms with Crippen molar-refractivity contribution in [1.29, 1.82) is 0 Å². The Morgan fingerprint density at radius 1 is 1.24 bits per heavy atom. The minimum absolute atomic E-state index is 0.00738. The molecule has 3 nitrogen and oxygen atoms in total. The SMILES string of the molecule is CC(NC(=O)c1ccc(N)s1)c1ccccc1. The lowest BCUT2D eigenvalue weighted by atomic mass is 10.1. The topological polar surface area (TPSA) is 55.1 Å². The number of hydrogen-bond acceptors (Lipinski definition) is 3. The molecule has 1 unspecified atom stereocenters. The molecule has 1 atom stereocenters. The summed E-state index contributed by atoms with van der Waals surface area (Å²) in [4.78, 5) is 12.5. The highest BCUT2D eigenvalue weighted by Gasteiger charge is 2.12. The number of anilines is 1. The molecule has 0 saturated carbocycles. The van der Waals surface area contributed by atoms with E-state index in [9.17, 15) is 4.79 Å². The molecule has 4 heteroatoms. The second-order valence-electron chi connectivity index (χ2n) is 3.81. The van der Waals surface area contributed by atoms with Crippen LogP contribution in [0.15, 0.2) is 42.5 Å². The predicted molar refractivity (Wildman–Crippen MR) is 71.1 cm³/mol. The van der Waals surface area contributed by atoms with E-state index in [1.54, 1.807) is 12.1 Å². The Kier molecular flexibility index (Phi) is 3.44. The number of nitrogens with two attached hydrogens (primary N) is 1. The van der Waals surface area contributed by atoms with Gasteiger partial charge in [-0.05, 0) is 24.6 Å². The highest BCUT2D eigenvalue weighted by molar-refractivity contribution is 7.17. The first-order valence-corrected chi connectivity index (χ1v) is 6.19. The summed E-state index contributed by atoms with van der Waals surface area (Å²) in [5.74, 6) is -0.0805. The molecule has 88 valence electrons. The first-order chi connectivity index (χ1) is 8.16. The van der Waals surface area contributed by atoms with E-state index in [1.165, 1.54) is 11.3 Å². The molecule has 0 fully saturated rings. The van der Waals surface area contributed by atoms with Crippen LogP contribution in [-0.4, -0.2) is 5.91 Å². The van der Waals surface area contributed by atoms with Crippen LogP contribution in [0, 0.1) is 0 Å². The van der Waals surface area contributed by atoms with Crippen molar-refractivity contribution in [3.05, 3.63) is 52.9 Å². The van der Waals surface area contributed by atoms with E-state index in [-0.39, 0.29) is 11.9 Å². The van der Waals surface area contributed by atoms with E-state index in [1.807, 2.05) is 37.3 Å². The van der Waals surface area contributed by atoms with Crippen LogP contribution >= 0.6 is 11.3 Å². The molecule has 1 amide bonds. The molecule has 0 aliphatic heterocycles. The lowest BCUT2D eigenvalue weighted by Crippen LogP contribution is -2.25. The van der Waals surface area contributed by atoms with Gasteiger partial charge < -0.3 is 11.1 Å². The Bertz CT molecular complexity index is 507. The van der Waals surface area contributed by atoms with Gasteiger partial charge in [-0.1, -0.05) is 30.3 Å². The average molecular weight is 246 g/mol. The number of carbonyl (C=O) groups is 1. The number of hydrogen-bond donors (Lipinski definition) is 2. The van der Waals surface area contributed by atoms with Crippen molar-refractivity contribution in [2.45, 2.75) is 13.0 Å². The van der Waals surface area contributed by atoms with Crippen LogP contribution in [0.25, 0.3) is 0 Å². The number of nitrogens with one attached hydrogen (secondary N) is 1. The fourth-order valence-electron chi connectivity index (χ4n) is 1.57. The van der Waals surface area contributed by atoms with Crippen molar-refractivity contribution in [3.8, 4) is 0 Å². The monoisotopic (exact) mass is 246 g/mol. The second-order valence-corrected chi connectivity index (χ2v) is 4.92. The van der Waals surface area contributed by atoms with Crippen molar-refractivity contribution in [2.24, 2.45) is 0 Å². The molecule has 1 aromatic carbocycles. The lowest BCUT2D eigenvalue weighted by Gasteiger charge is -2.13. The van der Waals surface area contributed by atoms with Gasteiger partial charge in [0.05, 0.1) is 15.9 Å². The number of amides is 1. The van der Waals surface area contributed by atoms with Crippen molar-refractivity contribution in [3.63, 3.8) is 0 Å². The highest BCUT2D eigenvalue weighted by atomic mass is 32.1. The zero-order valence-electron chi connectivity index (χ0n) is 9.51. The normalized spacial score (nSPS) is 12.1. The van der Waals surface area contributed by atoms with E-state index in [0.717, 1.165) is 5.56 Å². The molecule has 0 aliphatic carbocycles. The Hall–Kier alpha value is -1.81. The van der Waals surface area contributed by atoms with Crippen molar-refractivity contribution in [2.75, 3.05) is 5.73 Å². The van der Waals surface area contributed by atoms with E-state index < -0.39 is 0 Å². The van der Waals surface area contributed by atoms with Gasteiger partial charge in [0.2, 0.25) is 0 Å². The van der Waals surface area contributed by atoms with Crippen LogP contribution in [0.5, 0.6) is 0 Å². The lowest BCUT2D eigenvalue weighted by molar-refractivity contribution is 0.0944. The maximum Gasteiger partial charge on any atom is 0.261 e.